The van der Waals surface area contributed by atoms with Crippen molar-refractivity contribution in [2.45, 2.75) is 90.7 Å². The lowest BCUT2D eigenvalue weighted by molar-refractivity contribution is -0.143. The summed E-state index contributed by atoms with van der Waals surface area (Å²) in [5.74, 6) is 0.514. The summed E-state index contributed by atoms with van der Waals surface area (Å²) in [6.45, 7) is 6.94. The summed E-state index contributed by atoms with van der Waals surface area (Å²) in [4.78, 5) is 29.4. The van der Waals surface area contributed by atoms with Gasteiger partial charge in [0, 0.05) is 12.0 Å². The van der Waals surface area contributed by atoms with Gasteiger partial charge < -0.3 is 14.6 Å². The number of hydrogen-bond donors (Lipinski definition) is 1. The topological polar surface area (TPSA) is 76.1 Å². The van der Waals surface area contributed by atoms with Crippen LogP contribution in [0.15, 0.2) is 59.2 Å². The Morgan fingerprint density at radius 1 is 1.02 bits per heavy atom. The number of allylic oxidation sites excluding steroid dienone is 1. The molecule has 3 fully saturated rings. The summed E-state index contributed by atoms with van der Waals surface area (Å²) in [5, 5.41) is 10.2. The first-order valence-electron chi connectivity index (χ1n) is 16.2. The molecule has 43 heavy (non-hydrogen) atoms. The second-order valence-electron chi connectivity index (χ2n) is 13.0. The van der Waals surface area contributed by atoms with E-state index < -0.39 is 0 Å². The number of imide groups is 1. The molecule has 0 radical (unpaired) electrons. The van der Waals surface area contributed by atoms with Gasteiger partial charge in [0.15, 0.2) is 0 Å². The zero-order chi connectivity index (χ0) is 30.1. The third kappa shape index (κ3) is 5.91. The Labute approximate surface area is 255 Å². The van der Waals surface area contributed by atoms with E-state index in [-0.39, 0.29) is 41.7 Å². The molecule has 0 unspecified atom stereocenters. The van der Waals surface area contributed by atoms with Crippen LogP contribution in [0, 0.1) is 31.6 Å². The number of fused-ring (bicyclic) bond motifs is 3. The molecule has 4 atom stereocenters. The summed E-state index contributed by atoms with van der Waals surface area (Å²) >= 11 is 0. The van der Waals surface area contributed by atoms with Crippen molar-refractivity contribution in [2.24, 2.45) is 17.8 Å². The number of rotatable bonds is 9. The predicted molar refractivity (Wildman–Crippen MR) is 168 cm³/mol. The third-order valence-corrected chi connectivity index (χ3v) is 10.2. The van der Waals surface area contributed by atoms with Crippen LogP contribution in [0.5, 0.6) is 11.5 Å². The largest absolute Gasteiger partial charge is 0.507 e. The van der Waals surface area contributed by atoms with Crippen molar-refractivity contribution in [3.05, 3.63) is 75.9 Å². The molecule has 2 amide bonds. The molecule has 6 rings (SSSR count). The minimum Gasteiger partial charge on any atom is -0.507 e. The van der Waals surface area contributed by atoms with E-state index in [0.29, 0.717) is 25.4 Å². The zero-order valence-corrected chi connectivity index (χ0v) is 25.8. The fraction of sp³-hybridized carbons (Fsp3) is 0.514. The summed E-state index contributed by atoms with van der Waals surface area (Å²) in [6, 6.07) is 13.9. The number of phenolic OH excluding ortho intramolecular Hbond substituents is 1. The maximum atomic E-state index is 13.9. The first-order valence-corrected chi connectivity index (χ1v) is 16.2. The lowest BCUT2D eigenvalue weighted by Gasteiger charge is -2.32. The van der Waals surface area contributed by atoms with Gasteiger partial charge in [-0.15, -0.1) is 0 Å². The number of likely N-dealkylation sites (tertiary alicyclic amines) is 1. The number of nitrogens with zero attached hydrogens (tertiary/aromatic N) is 1. The quantitative estimate of drug-likeness (QED) is 0.247. The number of carbonyl (C=O) groups is 2. The molecule has 6 heteroatoms. The smallest absolute Gasteiger partial charge is 0.234 e. The first-order chi connectivity index (χ1) is 20.9. The first kappa shape index (κ1) is 29.7. The highest BCUT2D eigenvalue weighted by Crippen LogP contribution is 2.51. The Morgan fingerprint density at radius 2 is 1.74 bits per heavy atom. The Kier molecular flexibility index (Phi) is 8.76. The van der Waals surface area contributed by atoms with Crippen LogP contribution in [0.2, 0.25) is 0 Å². The van der Waals surface area contributed by atoms with E-state index in [1.54, 1.807) is 4.90 Å². The molecule has 4 aliphatic rings. The highest BCUT2D eigenvalue weighted by Gasteiger charge is 2.58. The number of aryl methyl sites for hydroxylation is 2. The molecule has 2 saturated heterocycles. The number of para-hydroxylation sites is 1. The van der Waals surface area contributed by atoms with Gasteiger partial charge in [0.2, 0.25) is 11.8 Å². The molecular weight excluding hydrogens is 538 g/mol. The second kappa shape index (κ2) is 12.7. The minimum absolute atomic E-state index is 0.0253. The number of hydrogen-bond acceptors (Lipinski definition) is 5. The van der Waals surface area contributed by atoms with Crippen LogP contribution in [-0.2, 0) is 14.3 Å². The van der Waals surface area contributed by atoms with Gasteiger partial charge in [-0.25, -0.2) is 0 Å². The third-order valence-electron chi connectivity index (χ3n) is 10.2. The number of phenols is 1. The minimum atomic E-state index is -0.320. The van der Waals surface area contributed by atoms with Gasteiger partial charge in [-0.2, -0.15) is 0 Å². The van der Waals surface area contributed by atoms with Gasteiger partial charge in [-0.05, 0) is 104 Å². The molecule has 2 aromatic rings. The molecule has 0 bridgehead atoms. The van der Waals surface area contributed by atoms with Crippen LogP contribution >= 0.6 is 0 Å². The number of aromatic hydroxyl groups is 1. The van der Waals surface area contributed by atoms with Crippen molar-refractivity contribution >= 4 is 17.9 Å². The number of ether oxygens (including phenoxy) is 2. The van der Waals surface area contributed by atoms with Crippen LogP contribution in [-0.4, -0.2) is 47.2 Å². The molecule has 1 N–H and O–H groups in total. The van der Waals surface area contributed by atoms with Gasteiger partial charge in [0.25, 0.3) is 0 Å². The Morgan fingerprint density at radius 3 is 2.44 bits per heavy atom. The molecule has 0 spiro atoms. The lowest BCUT2D eigenvalue weighted by atomic mass is 9.69. The van der Waals surface area contributed by atoms with E-state index in [9.17, 15) is 14.7 Å². The normalized spacial score (nSPS) is 26.2. The van der Waals surface area contributed by atoms with Crippen molar-refractivity contribution in [3.63, 3.8) is 0 Å². The highest BCUT2D eigenvalue weighted by molar-refractivity contribution is 6.06. The Hall–Kier alpha value is -3.38. The lowest BCUT2D eigenvalue weighted by Crippen LogP contribution is -2.42. The van der Waals surface area contributed by atoms with Gasteiger partial charge >= 0.3 is 0 Å². The standard InChI is InChI=1S/C37H45NO5/c1-4-25(19-26-17-23(2)35(39)24(3)18-26)15-16-32-33-27(21-42-29-13-9-6-10-14-29)20-30-34(31(33)22-43-32)37(41)38(36(30)40)28-11-7-5-8-12-28/h6,9-10,13-14,17-19,28,30-32,34,39H,4-5,7-8,11-12,15-16,20-22H2,1-3H3/b25-19+/t30-,31+,32-,34-/m1/s1. The van der Waals surface area contributed by atoms with Crippen molar-refractivity contribution in [1.29, 1.82) is 0 Å². The van der Waals surface area contributed by atoms with Crippen LogP contribution in [0.25, 0.3) is 6.08 Å². The number of benzene rings is 2. The maximum Gasteiger partial charge on any atom is 0.234 e. The van der Waals surface area contributed by atoms with Crippen LogP contribution < -0.4 is 4.74 Å². The maximum absolute atomic E-state index is 13.9. The predicted octanol–water partition coefficient (Wildman–Crippen LogP) is 7.31. The van der Waals surface area contributed by atoms with Crippen LogP contribution in [0.4, 0.5) is 0 Å². The van der Waals surface area contributed by atoms with E-state index in [4.69, 9.17) is 9.47 Å². The van der Waals surface area contributed by atoms with E-state index in [2.05, 4.69) is 13.0 Å². The fourth-order valence-electron chi connectivity index (χ4n) is 7.99. The molecule has 2 aliphatic carbocycles. The van der Waals surface area contributed by atoms with Crippen molar-refractivity contribution in [3.8, 4) is 11.5 Å². The van der Waals surface area contributed by atoms with Gasteiger partial charge in [0.05, 0.1) is 24.5 Å². The molecule has 2 heterocycles. The second-order valence-corrected chi connectivity index (χ2v) is 13.0. The van der Waals surface area contributed by atoms with E-state index in [0.717, 1.165) is 73.0 Å². The Bertz CT molecular complexity index is 1400. The summed E-state index contributed by atoms with van der Waals surface area (Å²) in [5.41, 5.74) is 6.53. The van der Waals surface area contributed by atoms with Gasteiger partial charge in [-0.1, -0.05) is 56.0 Å². The molecular formula is C37H45NO5. The number of amides is 2. The zero-order valence-electron chi connectivity index (χ0n) is 25.8. The molecule has 2 aromatic carbocycles. The highest BCUT2D eigenvalue weighted by atomic mass is 16.5. The molecule has 0 aromatic heterocycles. The van der Waals surface area contributed by atoms with E-state index >= 15 is 0 Å². The summed E-state index contributed by atoms with van der Waals surface area (Å²) < 4.78 is 12.8. The molecule has 6 nitrogen and oxygen atoms in total. The number of carbonyl (C=O) groups excluding carboxylic acids is 2. The van der Waals surface area contributed by atoms with Gasteiger partial charge in [-0.3, -0.25) is 14.5 Å². The fourth-order valence-corrected chi connectivity index (χ4v) is 7.99. The van der Waals surface area contributed by atoms with E-state index in [1.165, 1.54) is 17.6 Å². The average molecular weight is 584 g/mol. The average Bonchev–Trinajstić information content (AvgIpc) is 3.55. The molecule has 2 aliphatic heterocycles. The summed E-state index contributed by atoms with van der Waals surface area (Å²) in [6.07, 6.45) is 10.5. The van der Waals surface area contributed by atoms with Crippen molar-refractivity contribution < 1.29 is 24.2 Å². The molecule has 1 saturated carbocycles. The van der Waals surface area contributed by atoms with E-state index in [1.807, 2.05) is 56.3 Å². The summed E-state index contributed by atoms with van der Waals surface area (Å²) in [7, 11) is 0. The SMILES string of the molecule is CC/C(=C\c1cc(C)c(O)c(C)c1)CC[C@H]1OC[C@H]2C1=C(COc1ccccc1)C[C@H]1C(=O)N(C3CCCCC3)C(=O)[C@H]12. The van der Waals surface area contributed by atoms with Gasteiger partial charge in [0.1, 0.15) is 18.1 Å². The Balaban J connectivity index is 1.25. The van der Waals surface area contributed by atoms with Crippen LogP contribution in [0.3, 0.4) is 0 Å². The van der Waals surface area contributed by atoms with Crippen LogP contribution in [0.1, 0.15) is 81.4 Å². The van der Waals surface area contributed by atoms with Crippen molar-refractivity contribution in [2.75, 3.05) is 13.2 Å². The molecule has 228 valence electrons. The van der Waals surface area contributed by atoms with Crippen molar-refractivity contribution in [1.82, 2.24) is 4.90 Å². The monoisotopic (exact) mass is 583 g/mol.